The van der Waals surface area contributed by atoms with Gasteiger partial charge in [0.2, 0.25) is 0 Å². The molecule has 5 saturated heterocycles. The van der Waals surface area contributed by atoms with Crippen LogP contribution in [0.5, 0.6) is 11.5 Å². The Bertz CT molecular complexity index is 4710. The molecule has 97 heavy (non-hydrogen) atoms. The van der Waals surface area contributed by atoms with E-state index >= 15 is 0 Å². The van der Waals surface area contributed by atoms with Gasteiger partial charge in [-0.1, -0.05) is 78.9 Å². The minimum absolute atomic E-state index is 0.0991. The number of morpholine rings is 2. The molecule has 0 amide bonds. The highest BCUT2D eigenvalue weighted by Gasteiger charge is 2.27. The molecule has 6 fully saturated rings. The number of nitriles is 3. The first-order valence-corrected chi connectivity index (χ1v) is 34.5. The van der Waals surface area contributed by atoms with Crippen molar-refractivity contribution in [3.05, 3.63) is 198 Å². The Kier molecular flexibility index (Phi) is 18.7. The van der Waals surface area contributed by atoms with E-state index in [9.17, 15) is 15.8 Å². The van der Waals surface area contributed by atoms with Crippen LogP contribution in [0.15, 0.2) is 176 Å². The maximum atomic E-state index is 9.84. The Morgan fingerprint density at radius 2 is 0.753 bits per heavy atom. The smallest absolute Gasteiger partial charge is 0.137 e. The molecule has 11 aromatic rings. The van der Waals surface area contributed by atoms with Crippen molar-refractivity contribution in [3.63, 3.8) is 0 Å². The zero-order valence-electron chi connectivity index (χ0n) is 54.7. The summed E-state index contributed by atoms with van der Waals surface area (Å²) in [5.41, 5.74) is 21.1. The summed E-state index contributed by atoms with van der Waals surface area (Å²) < 4.78 is 34.0. The van der Waals surface area contributed by atoms with Crippen LogP contribution in [0, 0.1) is 34.0 Å². The van der Waals surface area contributed by atoms with E-state index in [1.807, 2.05) is 36.4 Å². The topological polar surface area (TPSA) is 184 Å². The van der Waals surface area contributed by atoms with E-state index in [2.05, 4.69) is 187 Å². The molecule has 15 nitrogen and oxygen atoms in total. The molecule has 0 atom stereocenters. The molecule has 0 radical (unpaired) electrons. The maximum absolute atomic E-state index is 9.84. The van der Waals surface area contributed by atoms with Gasteiger partial charge in [0.1, 0.15) is 41.9 Å². The van der Waals surface area contributed by atoms with Crippen molar-refractivity contribution in [2.24, 2.45) is 0 Å². The third kappa shape index (κ3) is 14.0. The third-order valence-electron chi connectivity index (χ3n) is 19.8. The first-order valence-electron chi connectivity index (χ1n) is 34.5. The monoisotopic (exact) mass is 1290 g/mol. The number of fused-ring (bicyclic) bond motifs is 3. The average molecular weight is 1290 g/mol. The van der Waals surface area contributed by atoms with E-state index in [0.717, 1.165) is 188 Å². The molecule has 0 bridgehead atoms. The van der Waals surface area contributed by atoms with Crippen molar-refractivity contribution in [1.29, 1.82) is 15.8 Å². The minimum atomic E-state index is 0.0991. The van der Waals surface area contributed by atoms with Crippen molar-refractivity contribution in [1.82, 2.24) is 15.0 Å². The number of rotatable bonds is 13. The average Bonchev–Trinajstić information content (AvgIpc) is 1.67. The van der Waals surface area contributed by atoms with Gasteiger partial charge in [-0.15, -0.1) is 0 Å². The van der Waals surface area contributed by atoms with Crippen LogP contribution in [0.3, 0.4) is 0 Å². The van der Waals surface area contributed by atoms with Crippen LogP contribution >= 0.6 is 0 Å². The van der Waals surface area contributed by atoms with E-state index in [1.54, 1.807) is 0 Å². The number of H-pyrrole nitrogens is 3. The zero-order valence-corrected chi connectivity index (χ0v) is 54.7. The molecule has 17 rings (SSSR count). The van der Waals surface area contributed by atoms with Crippen LogP contribution in [-0.2, 0) is 18.9 Å². The quantitative estimate of drug-likeness (QED) is 0.0994. The van der Waals surface area contributed by atoms with Gasteiger partial charge in [0.15, 0.2) is 0 Å². The number of hydrogen-bond donors (Lipinski definition) is 3. The van der Waals surface area contributed by atoms with E-state index < -0.39 is 0 Å². The van der Waals surface area contributed by atoms with Crippen LogP contribution in [0.25, 0.3) is 88.6 Å². The van der Waals surface area contributed by atoms with Gasteiger partial charge in [-0.05, 0) is 173 Å². The van der Waals surface area contributed by atoms with Crippen molar-refractivity contribution in [2.45, 2.75) is 69.5 Å². The van der Waals surface area contributed by atoms with Gasteiger partial charge in [-0.2, -0.15) is 15.8 Å². The predicted octanol–water partition coefficient (Wildman–Crippen LogP) is 16.7. The summed E-state index contributed by atoms with van der Waals surface area (Å²) in [6, 6.07) is 68.4. The molecule has 5 aliphatic heterocycles. The summed E-state index contributed by atoms with van der Waals surface area (Å²) >= 11 is 0. The van der Waals surface area contributed by atoms with E-state index in [0.29, 0.717) is 41.8 Å². The Morgan fingerprint density at radius 3 is 1.19 bits per heavy atom. The van der Waals surface area contributed by atoms with E-state index in [1.165, 1.54) is 59.1 Å². The van der Waals surface area contributed by atoms with Crippen molar-refractivity contribution in [3.8, 4) is 85.6 Å². The molecule has 3 aromatic heterocycles. The summed E-state index contributed by atoms with van der Waals surface area (Å²) in [5, 5.41) is 32.9. The number of nitrogens with one attached hydrogen (secondary N) is 3. The first-order chi connectivity index (χ1) is 47.9. The lowest BCUT2D eigenvalue weighted by molar-refractivity contribution is 0.0252. The summed E-state index contributed by atoms with van der Waals surface area (Å²) in [6.07, 6.45) is 8.64. The van der Waals surface area contributed by atoms with Gasteiger partial charge in [-0.3, -0.25) is 0 Å². The minimum Gasteiger partial charge on any atom is -0.489 e. The summed E-state index contributed by atoms with van der Waals surface area (Å²) in [4.78, 5) is 17.8. The molecule has 1 aliphatic carbocycles. The lowest BCUT2D eigenvalue weighted by Crippen LogP contribution is -2.36. The van der Waals surface area contributed by atoms with Crippen LogP contribution in [0.1, 0.15) is 79.7 Å². The highest BCUT2D eigenvalue weighted by molar-refractivity contribution is 6.00. The third-order valence-corrected chi connectivity index (χ3v) is 19.8. The Hall–Kier alpha value is -10.3. The Balaban J connectivity index is 0.000000120. The molecule has 8 aromatic carbocycles. The zero-order chi connectivity index (χ0) is 65.4. The molecule has 0 unspecified atom stereocenters. The van der Waals surface area contributed by atoms with Crippen molar-refractivity contribution >= 4 is 49.8 Å². The predicted molar refractivity (Wildman–Crippen MR) is 385 cm³/mol. The van der Waals surface area contributed by atoms with Crippen LogP contribution < -0.4 is 24.2 Å². The highest BCUT2D eigenvalue weighted by Crippen LogP contribution is 2.43. The van der Waals surface area contributed by atoms with Crippen LogP contribution in [0.2, 0.25) is 0 Å². The molecule has 3 N–H and O–H groups in total. The molecule has 8 heterocycles. The molecule has 488 valence electrons. The lowest BCUT2D eigenvalue weighted by atomic mass is 9.98. The molecule has 0 spiro atoms. The van der Waals surface area contributed by atoms with Gasteiger partial charge in [0.25, 0.3) is 0 Å². The number of benzene rings is 8. The first kappa shape index (κ1) is 62.8. The highest BCUT2D eigenvalue weighted by atomic mass is 16.5. The molecule has 6 aliphatic rings. The van der Waals surface area contributed by atoms with Crippen molar-refractivity contribution < 1.29 is 28.4 Å². The maximum Gasteiger partial charge on any atom is 0.137 e. The number of aromatic nitrogens is 3. The second kappa shape index (κ2) is 29.0. The van der Waals surface area contributed by atoms with Gasteiger partial charge < -0.3 is 58.1 Å². The number of hydrogen-bond acceptors (Lipinski definition) is 12. The van der Waals surface area contributed by atoms with Gasteiger partial charge >= 0.3 is 0 Å². The second-order valence-corrected chi connectivity index (χ2v) is 26.0. The fraction of sp³-hybridized carbons (Fsp3) is 0.305. The SMILES string of the molecule is N#Cc1cc(-c2cccc3[nH]c(-c4ccc(N5CCOCC5)cc4)cc23)ccc1N1CCCC1.N#Cc1cc(-c2cccc3[nH]c(-c4ccc(N5CCOCC5)cc4)cc23)ccc1OC1CCOCC1.N#Cc1cc(-c2cccc3[nH]c(C4CC4)cc23)ccc1OC1CCOCC1. The molecule has 1 saturated carbocycles. The number of ether oxygens (including phenoxy) is 6. The second-order valence-electron chi connectivity index (χ2n) is 26.0. The number of aromatic amines is 3. The van der Waals surface area contributed by atoms with E-state index in [-0.39, 0.29) is 12.2 Å². The molecule has 15 heteroatoms. The largest absolute Gasteiger partial charge is 0.489 e. The molecular weight excluding hydrogens is 1210 g/mol. The van der Waals surface area contributed by atoms with Crippen LogP contribution in [-0.4, -0.2) is 119 Å². The van der Waals surface area contributed by atoms with Gasteiger partial charge in [0.05, 0.1) is 75.2 Å². The Morgan fingerprint density at radius 1 is 0.361 bits per heavy atom. The Labute approximate surface area is 566 Å². The lowest BCUT2D eigenvalue weighted by Gasteiger charge is -2.28. The number of anilines is 3. The normalized spacial score (nSPS) is 16.8. The molecular formula is C82H79N9O6. The fourth-order valence-electron chi connectivity index (χ4n) is 14.3. The van der Waals surface area contributed by atoms with E-state index in [4.69, 9.17) is 28.4 Å². The number of nitrogens with zero attached hydrogens (tertiary/aromatic N) is 6. The van der Waals surface area contributed by atoms with Crippen LogP contribution in [0.4, 0.5) is 17.1 Å². The van der Waals surface area contributed by atoms with Gasteiger partial charge in [0, 0.05) is 126 Å². The summed E-state index contributed by atoms with van der Waals surface area (Å²) in [7, 11) is 0. The standard InChI is InChI=1S/C30H29N3O3.C29H28N4O.C23H22N2O2/c31-20-23-18-22(6-9-30(23)36-25-10-14-34-15-11-25)26-2-1-3-28-27(26)19-29(32-28)21-4-7-24(8-5-21)33-12-16-35-17-13-33;30-20-23-18-22(8-11-29(23)33-12-1-2-13-33)25-4-3-5-27-26(25)19-28(31-27)21-6-9-24(10-7-21)32-14-16-34-17-15-32;24-14-17-12-16(6-7-23(17)27-18-8-10-26-11-9-18)19-2-1-3-21-20(19)13-22(25-21)15-4-5-15/h1-9,18-19,25,32H,10-17H2;3-11,18-19,31H,1-2,12-17H2;1-3,6-7,12-13,15,18,25H,4-5,8-11H2. The summed E-state index contributed by atoms with van der Waals surface area (Å²) in [6.45, 7) is 11.8. The fourth-order valence-corrected chi connectivity index (χ4v) is 14.3. The summed E-state index contributed by atoms with van der Waals surface area (Å²) in [5.74, 6) is 2.01. The van der Waals surface area contributed by atoms with Crippen molar-refractivity contribution in [2.75, 3.05) is 107 Å². The van der Waals surface area contributed by atoms with Gasteiger partial charge in [-0.25, -0.2) is 0 Å².